The molecule has 0 saturated carbocycles. The molecule has 0 spiro atoms. The third kappa shape index (κ3) is 5.62. The molecule has 3 heterocycles. The fourth-order valence-electron chi connectivity index (χ4n) is 6.16. The number of carbonyl (C=O) groups excluding carboxylic acids is 4. The summed E-state index contributed by atoms with van der Waals surface area (Å²) >= 11 is 0. The van der Waals surface area contributed by atoms with E-state index >= 15 is 0 Å². The number of rotatable bonds is 10. The van der Waals surface area contributed by atoms with Crippen molar-refractivity contribution in [3.05, 3.63) is 65.7 Å². The minimum atomic E-state index is -1.92. The molecule has 2 saturated heterocycles. The van der Waals surface area contributed by atoms with Gasteiger partial charge in [-0.3, -0.25) is 24.1 Å². The highest BCUT2D eigenvalue weighted by Gasteiger charge is 2.52. The Morgan fingerprint density at radius 3 is 2.67 bits per heavy atom. The molecule has 3 amide bonds. The normalized spacial score (nSPS) is 23.9. The van der Waals surface area contributed by atoms with Gasteiger partial charge in [0.1, 0.15) is 5.75 Å². The molecule has 11 nitrogen and oxygen atoms in total. The van der Waals surface area contributed by atoms with Crippen LogP contribution in [0.2, 0.25) is 0 Å². The first-order chi connectivity index (χ1) is 20.6. The molecule has 3 aliphatic heterocycles. The van der Waals surface area contributed by atoms with E-state index in [1.807, 2.05) is 6.07 Å². The molecule has 228 valence electrons. The third-order valence-corrected chi connectivity index (χ3v) is 8.50. The maximum Gasteiger partial charge on any atom is 0.304 e. The van der Waals surface area contributed by atoms with E-state index < -0.39 is 29.6 Å². The Balaban J connectivity index is 1.38. The van der Waals surface area contributed by atoms with Crippen molar-refractivity contribution in [1.29, 1.82) is 0 Å². The van der Waals surface area contributed by atoms with Crippen molar-refractivity contribution in [3.63, 3.8) is 0 Å². The molecule has 0 bridgehead atoms. The number of benzene rings is 2. The molecule has 2 aromatic carbocycles. The van der Waals surface area contributed by atoms with Gasteiger partial charge >= 0.3 is 5.97 Å². The number of β-lactam (4-membered cyclic amide) rings is 1. The van der Waals surface area contributed by atoms with Crippen molar-refractivity contribution < 1.29 is 38.9 Å². The fourth-order valence-corrected chi connectivity index (χ4v) is 6.16. The first-order valence-electron chi connectivity index (χ1n) is 14.5. The van der Waals surface area contributed by atoms with E-state index in [9.17, 15) is 29.4 Å². The Bertz CT molecular complexity index is 1460. The molecule has 2 fully saturated rings. The second-order valence-corrected chi connectivity index (χ2v) is 11.2. The Labute approximate surface area is 250 Å². The lowest BCUT2D eigenvalue weighted by Crippen LogP contribution is -2.54. The number of hydrogen-bond donors (Lipinski definition) is 2. The monoisotopic (exact) mass is 591 g/mol. The standard InChI is InChI=1S/C32H37N3O8/c1-20(7-4-11-28(38)33-14-6-10-24(33)19-36)32(41)26-16-25(42-3)12-13-27(26)34(31(32)40)18-22-8-5-9-23(15-22)35-29(39)17-30(35)43-21(2)37/h4-5,7-9,12-13,15-16,20,24,30,36,41H,6,10-11,14,17-19H2,1-3H3/b7-4+/t20-,24+,30?,32+/m1/s1. The van der Waals surface area contributed by atoms with Crippen molar-refractivity contribution in [2.45, 2.75) is 63.9 Å². The molecule has 0 radical (unpaired) electrons. The molecule has 5 rings (SSSR count). The van der Waals surface area contributed by atoms with E-state index in [4.69, 9.17) is 9.47 Å². The Morgan fingerprint density at radius 2 is 1.98 bits per heavy atom. The van der Waals surface area contributed by atoms with Crippen LogP contribution in [0.5, 0.6) is 5.75 Å². The Morgan fingerprint density at radius 1 is 1.19 bits per heavy atom. The fraction of sp³-hybridized carbons (Fsp3) is 0.438. The van der Waals surface area contributed by atoms with Gasteiger partial charge in [0.15, 0.2) is 11.8 Å². The quantitative estimate of drug-likeness (QED) is 0.245. The van der Waals surface area contributed by atoms with Gasteiger partial charge in [-0.1, -0.05) is 31.2 Å². The van der Waals surface area contributed by atoms with Crippen molar-refractivity contribution in [1.82, 2.24) is 4.90 Å². The minimum absolute atomic E-state index is 0.0709. The summed E-state index contributed by atoms with van der Waals surface area (Å²) in [6.45, 7) is 3.66. The lowest BCUT2D eigenvalue weighted by atomic mass is 9.83. The van der Waals surface area contributed by atoms with E-state index in [0.717, 1.165) is 12.8 Å². The maximum atomic E-state index is 14.0. The van der Waals surface area contributed by atoms with Gasteiger partial charge in [-0.25, -0.2) is 0 Å². The van der Waals surface area contributed by atoms with Crippen LogP contribution >= 0.6 is 0 Å². The number of amides is 3. The van der Waals surface area contributed by atoms with Crippen LogP contribution in [0.3, 0.4) is 0 Å². The number of anilines is 2. The van der Waals surface area contributed by atoms with Crippen molar-refractivity contribution in [3.8, 4) is 5.75 Å². The van der Waals surface area contributed by atoms with Crippen LogP contribution in [0.1, 0.15) is 50.7 Å². The summed E-state index contributed by atoms with van der Waals surface area (Å²) in [4.78, 5) is 55.1. The van der Waals surface area contributed by atoms with Crippen LogP contribution in [-0.2, 0) is 36.1 Å². The van der Waals surface area contributed by atoms with E-state index in [2.05, 4.69) is 0 Å². The average Bonchev–Trinajstić information content (AvgIpc) is 3.54. The number of nitrogens with zero attached hydrogens (tertiary/aromatic N) is 3. The molecular weight excluding hydrogens is 554 g/mol. The van der Waals surface area contributed by atoms with Crippen molar-refractivity contribution in [2.75, 3.05) is 30.1 Å². The first-order valence-corrected chi connectivity index (χ1v) is 14.5. The number of aliphatic hydroxyl groups excluding tert-OH is 1. The highest BCUT2D eigenvalue weighted by atomic mass is 16.6. The predicted octanol–water partition coefficient (Wildman–Crippen LogP) is 2.62. The van der Waals surface area contributed by atoms with Crippen LogP contribution < -0.4 is 14.5 Å². The van der Waals surface area contributed by atoms with Crippen molar-refractivity contribution in [2.24, 2.45) is 5.92 Å². The molecule has 4 atom stereocenters. The molecule has 3 aliphatic rings. The van der Waals surface area contributed by atoms with Crippen LogP contribution in [0.4, 0.5) is 11.4 Å². The number of likely N-dealkylation sites (tertiary alicyclic amines) is 1. The smallest absolute Gasteiger partial charge is 0.304 e. The van der Waals surface area contributed by atoms with Crippen LogP contribution in [0, 0.1) is 5.92 Å². The highest BCUT2D eigenvalue weighted by Crippen LogP contribution is 2.47. The summed E-state index contributed by atoms with van der Waals surface area (Å²) in [5.41, 5.74) is 0.242. The zero-order chi connectivity index (χ0) is 30.9. The number of aliphatic hydroxyl groups is 2. The number of carbonyl (C=O) groups is 4. The maximum absolute atomic E-state index is 14.0. The number of hydrogen-bond acceptors (Lipinski definition) is 8. The van der Waals surface area contributed by atoms with E-state index in [1.54, 1.807) is 60.4 Å². The summed E-state index contributed by atoms with van der Waals surface area (Å²) in [5, 5.41) is 21.6. The van der Waals surface area contributed by atoms with Crippen LogP contribution in [0.15, 0.2) is 54.6 Å². The number of ether oxygens (including phenoxy) is 2. The average molecular weight is 592 g/mol. The molecule has 2 N–H and O–H groups in total. The Kier molecular flexibility index (Phi) is 8.57. The zero-order valence-electron chi connectivity index (χ0n) is 24.6. The second kappa shape index (κ2) is 12.2. The number of fused-ring (bicyclic) bond motifs is 1. The second-order valence-electron chi connectivity index (χ2n) is 11.2. The van der Waals surface area contributed by atoms with E-state index in [-0.39, 0.29) is 43.8 Å². The van der Waals surface area contributed by atoms with E-state index in [0.29, 0.717) is 34.8 Å². The molecule has 43 heavy (non-hydrogen) atoms. The van der Waals surface area contributed by atoms with Crippen molar-refractivity contribution >= 4 is 35.1 Å². The summed E-state index contributed by atoms with van der Waals surface area (Å²) in [7, 11) is 1.51. The molecule has 1 unspecified atom stereocenters. The van der Waals surface area contributed by atoms with Gasteiger partial charge in [0.25, 0.3) is 5.91 Å². The van der Waals surface area contributed by atoms with E-state index in [1.165, 1.54) is 23.8 Å². The number of esters is 1. The largest absolute Gasteiger partial charge is 0.497 e. The topological polar surface area (TPSA) is 137 Å². The van der Waals surface area contributed by atoms with Gasteiger partial charge in [0.2, 0.25) is 11.8 Å². The summed E-state index contributed by atoms with van der Waals surface area (Å²) in [6.07, 6.45) is 4.49. The predicted molar refractivity (Wildman–Crippen MR) is 157 cm³/mol. The molecule has 2 aromatic rings. The lowest BCUT2D eigenvalue weighted by molar-refractivity contribution is -0.154. The third-order valence-electron chi connectivity index (χ3n) is 8.50. The molecule has 0 aromatic heterocycles. The summed E-state index contributed by atoms with van der Waals surface area (Å²) in [5.74, 6) is -1.50. The molecular formula is C32H37N3O8. The minimum Gasteiger partial charge on any atom is -0.497 e. The summed E-state index contributed by atoms with van der Waals surface area (Å²) in [6, 6.07) is 12.0. The first kappa shape index (κ1) is 30.2. The lowest BCUT2D eigenvalue weighted by Gasteiger charge is -2.39. The van der Waals surface area contributed by atoms with Crippen LogP contribution in [-0.4, -0.2) is 71.3 Å². The zero-order valence-corrected chi connectivity index (χ0v) is 24.6. The van der Waals surface area contributed by atoms with Gasteiger partial charge in [-0.15, -0.1) is 0 Å². The highest BCUT2D eigenvalue weighted by molar-refractivity contribution is 6.07. The van der Waals surface area contributed by atoms with Crippen LogP contribution in [0.25, 0.3) is 0 Å². The van der Waals surface area contributed by atoms with Gasteiger partial charge < -0.3 is 29.5 Å². The van der Waals surface area contributed by atoms with Gasteiger partial charge in [-0.2, -0.15) is 0 Å². The van der Waals surface area contributed by atoms with Gasteiger partial charge in [0, 0.05) is 37.1 Å². The summed E-state index contributed by atoms with van der Waals surface area (Å²) < 4.78 is 10.6. The molecule has 0 aliphatic carbocycles. The molecule has 11 heteroatoms. The SMILES string of the molecule is COc1ccc2c(c1)[C@@](O)([C@H](C)/C=C/CC(=O)N1CCC[C@H]1CO)C(=O)N2Cc1cccc(N2C(=O)CC2OC(C)=O)c1. The number of methoxy groups -OCH3 is 1. The van der Waals surface area contributed by atoms with Gasteiger partial charge in [-0.05, 0) is 48.7 Å². The van der Waals surface area contributed by atoms with Gasteiger partial charge in [0.05, 0.1) is 38.4 Å². The Hall–Kier alpha value is -4.22.